The molecule has 2 atom stereocenters. The van der Waals surface area contributed by atoms with Gasteiger partial charge in [0.05, 0.1) is 6.20 Å². The van der Waals surface area contributed by atoms with Crippen molar-refractivity contribution in [2.24, 2.45) is 18.9 Å². The lowest BCUT2D eigenvalue weighted by atomic mass is 9.88. The Balaban J connectivity index is 1.39. The Labute approximate surface area is 137 Å². The van der Waals surface area contributed by atoms with E-state index in [4.69, 9.17) is 0 Å². The summed E-state index contributed by atoms with van der Waals surface area (Å²) in [6.07, 6.45) is 9.20. The summed E-state index contributed by atoms with van der Waals surface area (Å²) in [7, 11) is 1.98. The van der Waals surface area contributed by atoms with Gasteiger partial charge in [-0.05, 0) is 37.3 Å². The molecule has 0 amide bonds. The second kappa shape index (κ2) is 5.92. The topological polar surface area (TPSA) is 50.1 Å². The molecule has 2 aliphatic heterocycles. The van der Waals surface area contributed by atoms with Gasteiger partial charge >= 0.3 is 0 Å². The first-order chi connectivity index (χ1) is 11.2. The molecule has 0 saturated carbocycles. The highest BCUT2D eigenvalue weighted by Gasteiger charge is 2.37. The minimum Gasteiger partial charge on any atom is -0.340 e. The Kier molecular flexibility index (Phi) is 3.77. The first-order valence-corrected chi connectivity index (χ1v) is 8.41. The molecule has 0 radical (unpaired) electrons. The number of rotatable bonds is 3. The first-order valence-electron chi connectivity index (χ1n) is 8.41. The molecule has 0 aromatic carbocycles. The fourth-order valence-corrected chi connectivity index (χ4v) is 3.91. The maximum Gasteiger partial charge on any atom is 0.225 e. The highest BCUT2D eigenvalue weighted by atomic mass is 15.3. The van der Waals surface area contributed by atoms with Crippen LogP contribution in [0, 0.1) is 18.8 Å². The van der Waals surface area contributed by atoms with Crippen molar-refractivity contribution in [1.29, 1.82) is 0 Å². The van der Waals surface area contributed by atoms with Gasteiger partial charge in [-0.2, -0.15) is 5.10 Å². The van der Waals surface area contributed by atoms with Crippen LogP contribution in [0.5, 0.6) is 0 Å². The molecule has 4 heterocycles. The smallest absolute Gasteiger partial charge is 0.225 e. The van der Waals surface area contributed by atoms with Gasteiger partial charge in [0.2, 0.25) is 5.95 Å². The fourth-order valence-electron chi connectivity index (χ4n) is 3.91. The third-order valence-corrected chi connectivity index (χ3v) is 5.10. The Bertz CT molecular complexity index is 664. The van der Waals surface area contributed by atoms with E-state index in [1.54, 1.807) is 0 Å². The molecule has 0 unspecified atom stereocenters. The number of fused-ring (bicyclic) bond motifs is 1. The van der Waals surface area contributed by atoms with Crippen molar-refractivity contribution in [3.63, 3.8) is 0 Å². The van der Waals surface area contributed by atoms with E-state index in [9.17, 15) is 0 Å². The molecule has 2 saturated heterocycles. The maximum absolute atomic E-state index is 4.50. The third kappa shape index (κ3) is 3.08. The lowest BCUT2D eigenvalue weighted by Crippen LogP contribution is -2.39. The van der Waals surface area contributed by atoms with Crippen LogP contribution in [0.25, 0.3) is 0 Å². The van der Waals surface area contributed by atoms with E-state index in [0.29, 0.717) is 0 Å². The quantitative estimate of drug-likeness (QED) is 0.859. The second-order valence-corrected chi connectivity index (χ2v) is 7.03. The summed E-state index contributed by atoms with van der Waals surface area (Å²) < 4.78 is 1.88. The van der Waals surface area contributed by atoms with Crippen molar-refractivity contribution in [2.75, 3.05) is 31.1 Å². The van der Waals surface area contributed by atoms with Crippen LogP contribution >= 0.6 is 0 Å². The van der Waals surface area contributed by atoms with E-state index in [2.05, 4.69) is 31.1 Å². The van der Waals surface area contributed by atoms with E-state index in [1.165, 1.54) is 25.1 Å². The Morgan fingerprint density at radius 3 is 2.61 bits per heavy atom. The number of aryl methyl sites for hydroxylation is 2. The highest BCUT2D eigenvalue weighted by molar-refractivity contribution is 5.32. The van der Waals surface area contributed by atoms with Crippen LogP contribution < -0.4 is 4.90 Å². The normalized spacial score (nSPS) is 24.9. The summed E-state index contributed by atoms with van der Waals surface area (Å²) in [5.74, 6) is 2.40. The third-order valence-electron chi connectivity index (χ3n) is 5.10. The number of anilines is 1. The summed E-state index contributed by atoms with van der Waals surface area (Å²) >= 11 is 0. The van der Waals surface area contributed by atoms with Crippen molar-refractivity contribution in [2.45, 2.75) is 19.9 Å². The molecule has 2 fully saturated rings. The van der Waals surface area contributed by atoms with Crippen LogP contribution in [-0.2, 0) is 13.6 Å². The second-order valence-electron chi connectivity index (χ2n) is 7.03. The van der Waals surface area contributed by atoms with Crippen LogP contribution in [-0.4, -0.2) is 50.8 Å². The molecule has 0 N–H and O–H groups in total. The summed E-state index contributed by atoms with van der Waals surface area (Å²) in [5.41, 5.74) is 2.43. The summed E-state index contributed by atoms with van der Waals surface area (Å²) in [6.45, 7) is 7.58. The zero-order valence-electron chi connectivity index (χ0n) is 13.9. The minimum atomic E-state index is 0.727. The average Bonchev–Trinajstić information content (AvgIpc) is 3.14. The number of aromatic nitrogens is 4. The molecule has 4 rings (SSSR count). The average molecular weight is 312 g/mol. The van der Waals surface area contributed by atoms with Crippen LogP contribution in [0.3, 0.4) is 0 Å². The Morgan fingerprint density at radius 1 is 1.09 bits per heavy atom. The number of hydrogen-bond acceptors (Lipinski definition) is 5. The fraction of sp³-hybridized carbons (Fsp3) is 0.588. The van der Waals surface area contributed by atoms with Gasteiger partial charge in [-0.15, -0.1) is 0 Å². The summed E-state index contributed by atoms with van der Waals surface area (Å²) in [6, 6.07) is 0. The molecule has 2 aromatic heterocycles. The Morgan fingerprint density at radius 2 is 1.87 bits per heavy atom. The Hall–Kier alpha value is -1.95. The predicted molar refractivity (Wildman–Crippen MR) is 89.1 cm³/mol. The highest BCUT2D eigenvalue weighted by Crippen LogP contribution is 2.33. The molecule has 2 aliphatic rings. The van der Waals surface area contributed by atoms with Crippen molar-refractivity contribution >= 4 is 5.95 Å². The van der Waals surface area contributed by atoms with Crippen LogP contribution in [0.1, 0.15) is 17.5 Å². The van der Waals surface area contributed by atoms with Crippen LogP contribution in [0.15, 0.2) is 24.8 Å². The maximum atomic E-state index is 4.50. The van der Waals surface area contributed by atoms with Gasteiger partial charge in [-0.3, -0.25) is 9.58 Å². The molecule has 122 valence electrons. The van der Waals surface area contributed by atoms with Gasteiger partial charge in [0.1, 0.15) is 0 Å². The lowest BCUT2D eigenvalue weighted by molar-refractivity contribution is 0.142. The zero-order valence-corrected chi connectivity index (χ0v) is 13.9. The summed E-state index contributed by atoms with van der Waals surface area (Å²) in [4.78, 5) is 13.9. The van der Waals surface area contributed by atoms with Gasteiger partial charge in [-0.25, -0.2) is 9.97 Å². The molecule has 2 aromatic rings. The number of hydrogen-bond donors (Lipinski definition) is 0. The molecular formula is C17H24N6. The van der Waals surface area contributed by atoms with Gasteiger partial charge in [0, 0.05) is 57.4 Å². The van der Waals surface area contributed by atoms with E-state index in [0.717, 1.165) is 43.0 Å². The summed E-state index contributed by atoms with van der Waals surface area (Å²) in [5, 5.41) is 4.27. The first kappa shape index (κ1) is 14.6. The van der Waals surface area contributed by atoms with Gasteiger partial charge in [-0.1, -0.05) is 0 Å². The van der Waals surface area contributed by atoms with Crippen LogP contribution in [0.4, 0.5) is 5.95 Å². The van der Waals surface area contributed by atoms with Crippen molar-refractivity contribution < 1.29 is 0 Å². The standard InChI is InChI=1S/C17H24N6/c1-13-5-18-17(19-6-13)23-11-15-3-4-22(10-16(15)12-23)9-14-7-20-21(2)8-14/h5-8,15-16H,3-4,9-12H2,1-2H3/t15-,16-/m1/s1. The number of nitrogens with zero attached hydrogens (tertiary/aromatic N) is 6. The van der Waals surface area contributed by atoms with Crippen molar-refractivity contribution in [1.82, 2.24) is 24.6 Å². The molecule has 0 bridgehead atoms. The number of piperidine rings is 1. The number of likely N-dealkylation sites (tertiary alicyclic amines) is 1. The molecule has 0 aliphatic carbocycles. The van der Waals surface area contributed by atoms with Gasteiger partial charge in [0.25, 0.3) is 0 Å². The monoisotopic (exact) mass is 312 g/mol. The zero-order chi connectivity index (χ0) is 15.8. The van der Waals surface area contributed by atoms with Gasteiger partial charge < -0.3 is 4.90 Å². The van der Waals surface area contributed by atoms with E-state index >= 15 is 0 Å². The minimum absolute atomic E-state index is 0.727. The van der Waals surface area contributed by atoms with E-state index in [1.807, 2.05) is 37.2 Å². The predicted octanol–water partition coefficient (Wildman–Crippen LogP) is 1.48. The van der Waals surface area contributed by atoms with E-state index in [-0.39, 0.29) is 0 Å². The molecular weight excluding hydrogens is 288 g/mol. The molecule has 6 heteroatoms. The van der Waals surface area contributed by atoms with Crippen molar-refractivity contribution in [3.8, 4) is 0 Å². The molecule has 0 spiro atoms. The van der Waals surface area contributed by atoms with Crippen molar-refractivity contribution in [3.05, 3.63) is 35.9 Å². The van der Waals surface area contributed by atoms with Crippen LogP contribution in [0.2, 0.25) is 0 Å². The molecule has 6 nitrogen and oxygen atoms in total. The lowest BCUT2D eigenvalue weighted by Gasteiger charge is -2.33. The van der Waals surface area contributed by atoms with Gasteiger partial charge in [0.15, 0.2) is 0 Å². The molecule has 23 heavy (non-hydrogen) atoms. The largest absolute Gasteiger partial charge is 0.340 e. The van der Waals surface area contributed by atoms with E-state index < -0.39 is 0 Å². The SMILES string of the molecule is Cc1cnc(N2C[C@H]3CCN(Cc4cnn(C)c4)C[C@@H]3C2)nc1.